The van der Waals surface area contributed by atoms with E-state index in [1.54, 1.807) is 0 Å². The van der Waals surface area contributed by atoms with Crippen molar-refractivity contribution in [3.05, 3.63) is 0 Å². The van der Waals surface area contributed by atoms with E-state index in [0.29, 0.717) is 6.61 Å². The van der Waals surface area contributed by atoms with Crippen LogP contribution in [0.3, 0.4) is 0 Å². The fourth-order valence-electron chi connectivity index (χ4n) is 1.91. The van der Waals surface area contributed by atoms with E-state index >= 15 is 0 Å². The molecule has 0 saturated heterocycles. The van der Waals surface area contributed by atoms with Crippen LogP contribution in [0.5, 0.6) is 0 Å². The Kier molecular flexibility index (Phi) is 31.2. The molecular formula is C13H27Na2O3P. The molecule has 0 aromatic heterocycles. The van der Waals surface area contributed by atoms with Crippen LogP contribution in [0.25, 0.3) is 0 Å². The Hall–Kier alpha value is 2.31. The topological polar surface area (TPSA) is 55.3 Å². The van der Waals surface area contributed by atoms with Crippen molar-refractivity contribution in [1.82, 2.24) is 0 Å². The number of hydrogen-bond donors (Lipinski definition) is 0. The van der Waals surface area contributed by atoms with Gasteiger partial charge in [0, 0.05) is 6.61 Å². The Morgan fingerprint density at radius 3 is 1.42 bits per heavy atom. The zero-order chi connectivity index (χ0) is 12.8. The summed E-state index contributed by atoms with van der Waals surface area (Å²) in [5.74, 6) is 0. The van der Waals surface area contributed by atoms with Crippen molar-refractivity contribution in [2.75, 3.05) is 6.61 Å². The van der Waals surface area contributed by atoms with Gasteiger partial charge in [0.25, 0.3) is 0 Å². The van der Waals surface area contributed by atoms with E-state index in [2.05, 4.69) is 11.4 Å². The van der Waals surface area contributed by atoms with Crippen molar-refractivity contribution >= 4 is 8.60 Å². The van der Waals surface area contributed by atoms with Crippen molar-refractivity contribution < 1.29 is 73.4 Å². The van der Waals surface area contributed by atoms with Crippen molar-refractivity contribution in [1.29, 1.82) is 0 Å². The van der Waals surface area contributed by atoms with Gasteiger partial charge in [-0.15, -0.1) is 0 Å². The van der Waals surface area contributed by atoms with Gasteiger partial charge in [-0.1, -0.05) is 71.1 Å². The largest absolute Gasteiger partial charge is 1.00 e. The Morgan fingerprint density at radius 2 is 1.05 bits per heavy atom. The molecular weight excluding hydrogens is 281 g/mol. The molecule has 0 aromatic rings. The van der Waals surface area contributed by atoms with Crippen molar-refractivity contribution in [2.45, 2.75) is 77.6 Å². The molecule has 0 fully saturated rings. The molecule has 0 rings (SSSR count). The molecule has 19 heavy (non-hydrogen) atoms. The van der Waals surface area contributed by atoms with Gasteiger partial charge in [-0.3, -0.25) is 0 Å². The van der Waals surface area contributed by atoms with E-state index < -0.39 is 8.60 Å². The summed E-state index contributed by atoms with van der Waals surface area (Å²) in [5.41, 5.74) is 0. The molecule has 6 heteroatoms. The second kappa shape index (κ2) is 22.6. The van der Waals surface area contributed by atoms with Gasteiger partial charge in [0.1, 0.15) is 0 Å². The fourth-order valence-corrected chi connectivity index (χ4v) is 2.18. The van der Waals surface area contributed by atoms with E-state index in [-0.39, 0.29) is 59.1 Å². The normalized spacial score (nSPS) is 10.1. The average Bonchev–Trinajstić information content (AvgIpc) is 2.30. The molecule has 0 heterocycles. The minimum atomic E-state index is -2.64. The maximum absolute atomic E-state index is 10.1. The standard InChI is InChI=1S/C13H27O3P.2Na/c1-2-3-4-5-6-7-8-9-10-11-12-13-16-17(14)15;;/h2-13H2,1H3;;/q-2;2*+1. The van der Waals surface area contributed by atoms with Crippen LogP contribution in [0.2, 0.25) is 0 Å². The van der Waals surface area contributed by atoms with Gasteiger partial charge in [-0.05, 0) is 6.42 Å². The number of unbranched alkanes of at least 4 members (excludes halogenated alkanes) is 10. The molecule has 0 saturated carbocycles. The molecule has 0 N–H and O–H groups in total. The molecule has 0 atom stereocenters. The summed E-state index contributed by atoms with van der Waals surface area (Å²) < 4.78 is 4.48. The smallest absolute Gasteiger partial charge is 0.820 e. The second-order valence-electron chi connectivity index (χ2n) is 4.59. The van der Waals surface area contributed by atoms with Crippen LogP contribution in [-0.2, 0) is 4.52 Å². The predicted octanol–water partition coefficient (Wildman–Crippen LogP) is -2.73. The van der Waals surface area contributed by atoms with Crippen LogP contribution in [0.4, 0.5) is 0 Å². The molecule has 0 aliphatic carbocycles. The van der Waals surface area contributed by atoms with Gasteiger partial charge in [-0.25, -0.2) is 0 Å². The summed E-state index contributed by atoms with van der Waals surface area (Å²) >= 11 is 0. The van der Waals surface area contributed by atoms with Gasteiger partial charge < -0.3 is 14.3 Å². The van der Waals surface area contributed by atoms with Gasteiger partial charge >= 0.3 is 59.1 Å². The van der Waals surface area contributed by atoms with Gasteiger partial charge in [0.05, 0.1) is 0 Å². The molecule has 0 spiro atoms. The van der Waals surface area contributed by atoms with E-state index in [4.69, 9.17) is 0 Å². The Morgan fingerprint density at radius 1 is 0.684 bits per heavy atom. The van der Waals surface area contributed by atoms with E-state index in [9.17, 15) is 9.79 Å². The zero-order valence-electron chi connectivity index (χ0n) is 13.2. The number of hydrogen-bond acceptors (Lipinski definition) is 3. The van der Waals surface area contributed by atoms with E-state index in [1.165, 1.54) is 57.8 Å². The van der Waals surface area contributed by atoms with Gasteiger partial charge in [0.2, 0.25) is 0 Å². The van der Waals surface area contributed by atoms with Crippen LogP contribution in [0.1, 0.15) is 77.6 Å². The van der Waals surface area contributed by atoms with Crippen molar-refractivity contribution in [3.8, 4) is 0 Å². The number of rotatable bonds is 13. The molecule has 0 amide bonds. The third-order valence-corrected chi connectivity index (χ3v) is 3.34. The average molecular weight is 308 g/mol. The van der Waals surface area contributed by atoms with Crippen LogP contribution >= 0.6 is 8.60 Å². The summed E-state index contributed by atoms with van der Waals surface area (Å²) in [6.45, 7) is 2.60. The van der Waals surface area contributed by atoms with Gasteiger partial charge in [0.15, 0.2) is 0 Å². The van der Waals surface area contributed by atoms with Crippen LogP contribution < -0.4 is 68.9 Å². The fraction of sp³-hybridized carbons (Fsp3) is 1.00. The van der Waals surface area contributed by atoms with Crippen LogP contribution in [0, 0.1) is 0 Å². The summed E-state index contributed by atoms with van der Waals surface area (Å²) in [6, 6.07) is 0. The third-order valence-electron chi connectivity index (χ3n) is 2.94. The summed E-state index contributed by atoms with van der Waals surface area (Å²) in [6.07, 6.45) is 13.9. The molecule has 104 valence electrons. The Labute approximate surface area is 164 Å². The first kappa shape index (κ1) is 26.2. The second-order valence-corrected chi connectivity index (χ2v) is 5.30. The summed E-state index contributed by atoms with van der Waals surface area (Å²) in [7, 11) is -2.64. The summed E-state index contributed by atoms with van der Waals surface area (Å²) in [4.78, 5) is 20.2. The first-order valence-corrected chi connectivity index (χ1v) is 8.14. The van der Waals surface area contributed by atoms with E-state index in [1.807, 2.05) is 0 Å². The first-order chi connectivity index (χ1) is 8.27. The van der Waals surface area contributed by atoms with E-state index in [0.717, 1.165) is 12.8 Å². The van der Waals surface area contributed by atoms with Crippen molar-refractivity contribution in [2.24, 2.45) is 0 Å². The third kappa shape index (κ3) is 25.6. The molecule has 0 aromatic carbocycles. The van der Waals surface area contributed by atoms with Crippen molar-refractivity contribution in [3.63, 3.8) is 0 Å². The molecule has 3 nitrogen and oxygen atoms in total. The maximum atomic E-state index is 10.1. The molecule has 0 aliphatic heterocycles. The molecule has 0 radical (unpaired) electrons. The maximum Gasteiger partial charge on any atom is 1.00 e. The predicted molar refractivity (Wildman–Crippen MR) is 69.3 cm³/mol. The summed E-state index contributed by atoms with van der Waals surface area (Å²) in [5, 5.41) is 0. The molecule has 0 aliphatic rings. The Bertz CT molecular complexity index is 152. The van der Waals surface area contributed by atoms with Crippen LogP contribution in [0.15, 0.2) is 0 Å². The minimum absolute atomic E-state index is 0. The molecule has 0 bridgehead atoms. The van der Waals surface area contributed by atoms with Gasteiger partial charge in [-0.2, -0.15) is 8.60 Å². The first-order valence-electron chi connectivity index (χ1n) is 7.04. The quantitative estimate of drug-likeness (QED) is 0.211. The Balaban J connectivity index is -0.00000128. The van der Waals surface area contributed by atoms with Crippen LogP contribution in [-0.4, -0.2) is 6.61 Å². The monoisotopic (exact) mass is 308 g/mol. The SMILES string of the molecule is CCCCCCCCCCCCCOP([O-])[O-].[Na+].[Na+]. The molecule has 0 unspecified atom stereocenters. The minimum Gasteiger partial charge on any atom is -0.820 e. The zero-order valence-corrected chi connectivity index (χ0v) is 18.1.